The predicted molar refractivity (Wildman–Crippen MR) is 55.9 cm³/mol. The van der Waals surface area contributed by atoms with E-state index in [0.717, 1.165) is 0 Å². The molecule has 0 aromatic heterocycles. The SMILES string of the molecule is Cc1cc(C(=O)CC(F)(F)F)c(C)cc1Cl. The van der Waals surface area contributed by atoms with Gasteiger partial charge in [0.25, 0.3) is 0 Å². The molecular weight excluding hydrogens is 241 g/mol. The molecular formula is C11H10ClF3O. The number of rotatable bonds is 2. The summed E-state index contributed by atoms with van der Waals surface area (Å²) in [6.45, 7) is 3.21. The average Bonchev–Trinajstić information content (AvgIpc) is 2.08. The lowest BCUT2D eigenvalue weighted by Crippen LogP contribution is -2.16. The molecule has 0 fully saturated rings. The van der Waals surface area contributed by atoms with Gasteiger partial charge in [-0.15, -0.1) is 0 Å². The Labute approximate surface area is 96.2 Å². The van der Waals surface area contributed by atoms with E-state index in [2.05, 4.69) is 0 Å². The molecule has 0 saturated carbocycles. The van der Waals surface area contributed by atoms with Crippen molar-refractivity contribution in [3.05, 3.63) is 33.8 Å². The fraction of sp³-hybridized carbons (Fsp3) is 0.364. The van der Waals surface area contributed by atoms with Crippen molar-refractivity contribution in [1.82, 2.24) is 0 Å². The number of carbonyl (C=O) groups is 1. The van der Waals surface area contributed by atoms with Crippen LogP contribution in [0.2, 0.25) is 5.02 Å². The Hall–Kier alpha value is -1.03. The maximum atomic E-state index is 12.1. The van der Waals surface area contributed by atoms with Crippen LogP contribution in [0, 0.1) is 13.8 Å². The van der Waals surface area contributed by atoms with E-state index in [1.54, 1.807) is 13.8 Å². The predicted octanol–water partition coefficient (Wildman–Crippen LogP) is 4.09. The maximum Gasteiger partial charge on any atom is 0.396 e. The van der Waals surface area contributed by atoms with Gasteiger partial charge in [-0.1, -0.05) is 11.6 Å². The fourth-order valence-electron chi connectivity index (χ4n) is 1.36. The smallest absolute Gasteiger partial charge is 0.294 e. The summed E-state index contributed by atoms with van der Waals surface area (Å²) in [7, 11) is 0. The minimum absolute atomic E-state index is 0.0826. The molecule has 0 radical (unpaired) electrons. The molecule has 0 spiro atoms. The first-order valence-electron chi connectivity index (χ1n) is 4.57. The normalized spacial score (nSPS) is 11.6. The third kappa shape index (κ3) is 3.23. The Morgan fingerprint density at radius 3 is 2.31 bits per heavy atom. The van der Waals surface area contributed by atoms with Crippen LogP contribution >= 0.6 is 11.6 Å². The number of aryl methyl sites for hydroxylation is 2. The zero-order valence-corrected chi connectivity index (χ0v) is 9.54. The van der Waals surface area contributed by atoms with Gasteiger partial charge >= 0.3 is 6.18 Å². The van der Waals surface area contributed by atoms with Gasteiger partial charge in [0.2, 0.25) is 0 Å². The van der Waals surface area contributed by atoms with Crippen LogP contribution in [-0.2, 0) is 0 Å². The van der Waals surface area contributed by atoms with Crippen molar-refractivity contribution in [3.8, 4) is 0 Å². The van der Waals surface area contributed by atoms with Crippen molar-refractivity contribution in [2.45, 2.75) is 26.4 Å². The van der Waals surface area contributed by atoms with Gasteiger partial charge in [0.1, 0.15) is 6.42 Å². The number of alkyl halides is 3. The van der Waals surface area contributed by atoms with E-state index in [0.29, 0.717) is 16.1 Å². The number of hydrogen-bond acceptors (Lipinski definition) is 1. The Morgan fingerprint density at radius 2 is 1.81 bits per heavy atom. The second-order valence-corrected chi connectivity index (χ2v) is 4.04. The minimum Gasteiger partial charge on any atom is -0.294 e. The van der Waals surface area contributed by atoms with Crippen molar-refractivity contribution in [2.24, 2.45) is 0 Å². The van der Waals surface area contributed by atoms with Crippen molar-refractivity contribution >= 4 is 17.4 Å². The van der Waals surface area contributed by atoms with Crippen molar-refractivity contribution in [1.29, 1.82) is 0 Å². The lowest BCUT2D eigenvalue weighted by molar-refractivity contribution is -0.125. The van der Waals surface area contributed by atoms with E-state index in [9.17, 15) is 18.0 Å². The summed E-state index contributed by atoms with van der Waals surface area (Å²) in [5.41, 5.74) is 1.14. The molecule has 0 aliphatic carbocycles. The number of hydrogen-bond donors (Lipinski definition) is 0. The summed E-state index contributed by atoms with van der Waals surface area (Å²) in [6.07, 6.45) is -5.91. The van der Waals surface area contributed by atoms with Crippen LogP contribution in [0.1, 0.15) is 27.9 Å². The Morgan fingerprint density at radius 1 is 1.25 bits per heavy atom. The second kappa shape index (κ2) is 4.45. The van der Waals surface area contributed by atoms with Crippen LogP contribution in [0.5, 0.6) is 0 Å². The largest absolute Gasteiger partial charge is 0.396 e. The van der Waals surface area contributed by atoms with Gasteiger partial charge in [0.05, 0.1) is 0 Å². The molecule has 88 valence electrons. The van der Waals surface area contributed by atoms with Crippen molar-refractivity contribution in [3.63, 3.8) is 0 Å². The van der Waals surface area contributed by atoms with Gasteiger partial charge in [-0.3, -0.25) is 4.79 Å². The quantitative estimate of drug-likeness (QED) is 0.723. The lowest BCUT2D eigenvalue weighted by atomic mass is 10.00. The molecule has 0 bridgehead atoms. The van der Waals surface area contributed by atoms with Crippen molar-refractivity contribution in [2.75, 3.05) is 0 Å². The highest BCUT2D eigenvalue weighted by molar-refractivity contribution is 6.31. The molecule has 0 saturated heterocycles. The van der Waals surface area contributed by atoms with Gasteiger partial charge in [-0.2, -0.15) is 13.2 Å². The third-order valence-corrected chi connectivity index (χ3v) is 2.57. The Balaban J connectivity index is 3.05. The van der Waals surface area contributed by atoms with E-state index in [1.807, 2.05) is 0 Å². The second-order valence-electron chi connectivity index (χ2n) is 3.63. The number of halogens is 4. The van der Waals surface area contributed by atoms with E-state index in [-0.39, 0.29) is 5.56 Å². The summed E-state index contributed by atoms with van der Waals surface area (Å²) >= 11 is 5.79. The maximum absolute atomic E-state index is 12.1. The molecule has 0 aliphatic heterocycles. The highest BCUT2D eigenvalue weighted by Crippen LogP contribution is 2.26. The van der Waals surface area contributed by atoms with Gasteiger partial charge in [0.15, 0.2) is 5.78 Å². The topological polar surface area (TPSA) is 17.1 Å². The summed E-state index contributed by atoms with van der Waals surface area (Å²) in [5.74, 6) is -0.926. The van der Waals surface area contributed by atoms with Gasteiger partial charge in [0, 0.05) is 10.6 Å². The highest BCUT2D eigenvalue weighted by Gasteiger charge is 2.32. The summed E-state index contributed by atoms with van der Waals surface area (Å²) < 4.78 is 36.2. The van der Waals surface area contributed by atoms with Crippen LogP contribution < -0.4 is 0 Å². The van der Waals surface area contributed by atoms with Gasteiger partial charge in [-0.25, -0.2) is 0 Å². The molecule has 0 N–H and O–H groups in total. The number of benzene rings is 1. The van der Waals surface area contributed by atoms with Crippen LogP contribution in [0.25, 0.3) is 0 Å². The molecule has 0 amide bonds. The van der Waals surface area contributed by atoms with Gasteiger partial charge < -0.3 is 0 Å². The molecule has 0 atom stereocenters. The molecule has 5 heteroatoms. The summed E-state index contributed by atoms with van der Waals surface area (Å²) in [6, 6.07) is 2.90. The zero-order chi connectivity index (χ0) is 12.5. The number of carbonyl (C=O) groups excluding carboxylic acids is 1. The third-order valence-electron chi connectivity index (χ3n) is 2.17. The number of ketones is 1. The minimum atomic E-state index is -4.48. The van der Waals surface area contributed by atoms with E-state index < -0.39 is 18.4 Å². The first-order chi connectivity index (χ1) is 7.20. The molecule has 1 aromatic carbocycles. The molecule has 1 rings (SSSR count). The van der Waals surface area contributed by atoms with E-state index in [1.165, 1.54) is 12.1 Å². The molecule has 1 aromatic rings. The van der Waals surface area contributed by atoms with Crippen LogP contribution in [-0.4, -0.2) is 12.0 Å². The standard InChI is InChI=1S/C11H10ClF3O/c1-6-4-9(12)7(2)3-8(6)10(16)5-11(13,14)15/h3-4H,5H2,1-2H3. The van der Waals surface area contributed by atoms with Crippen molar-refractivity contribution < 1.29 is 18.0 Å². The number of Topliss-reactive ketones (excluding diaryl/α,β-unsaturated/α-hetero) is 1. The van der Waals surface area contributed by atoms with E-state index >= 15 is 0 Å². The summed E-state index contributed by atoms with van der Waals surface area (Å²) in [5, 5.41) is 0.445. The van der Waals surface area contributed by atoms with Crippen LogP contribution in [0.15, 0.2) is 12.1 Å². The molecule has 1 nitrogen and oxygen atoms in total. The van der Waals surface area contributed by atoms with Gasteiger partial charge in [-0.05, 0) is 37.1 Å². The monoisotopic (exact) mass is 250 g/mol. The first kappa shape index (κ1) is 13.0. The molecule has 0 heterocycles. The Kier molecular flexibility index (Phi) is 3.63. The van der Waals surface area contributed by atoms with Crippen LogP contribution in [0.4, 0.5) is 13.2 Å². The van der Waals surface area contributed by atoms with Crippen LogP contribution in [0.3, 0.4) is 0 Å². The Bertz CT molecular complexity index is 424. The first-order valence-corrected chi connectivity index (χ1v) is 4.95. The lowest BCUT2D eigenvalue weighted by Gasteiger charge is -2.09. The fourth-order valence-corrected chi connectivity index (χ4v) is 1.58. The molecule has 0 aliphatic rings. The van der Waals surface area contributed by atoms with E-state index in [4.69, 9.17) is 11.6 Å². The summed E-state index contributed by atoms with van der Waals surface area (Å²) in [4.78, 5) is 11.4. The molecule has 16 heavy (non-hydrogen) atoms. The molecule has 0 unspecified atom stereocenters. The highest BCUT2D eigenvalue weighted by atomic mass is 35.5. The zero-order valence-electron chi connectivity index (χ0n) is 8.78. The average molecular weight is 251 g/mol.